The van der Waals surface area contributed by atoms with Crippen molar-refractivity contribution in [3.05, 3.63) is 0 Å². The third kappa shape index (κ3) is 7.88. The summed E-state index contributed by atoms with van der Waals surface area (Å²) in [6, 6.07) is 0.512. The lowest BCUT2D eigenvalue weighted by molar-refractivity contribution is 0.0931. The number of aliphatic hydroxyl groups is 1. The van der Waals surface area contributed by atoms with Gasteiger partial charge in [0.15, 0.2) is 0 Å². The number of hydrogen-bond acceptors (Lipinski definition) is 3. The highest BCUT2D eigenvalue weighted by molar-refractivity contribution is 4.50. The molecule has 0 saturated carbocycles. The molecule has 0 heterocycles. The van der Waals surface area contributed by atoms with Crippen molar-refractivity contribution in [2.75, 3.05) is 26.4 Å². The molecule has 0 aliphatic heterocycles. The van der Waals surface area contributed by atoms with E-state index in [2.05, 4.69) is 19.2 Å². The van der Waals surface area contributed by atoms with E-state index in [9.17, 15) is 0 Å². The van der Waals surface area contributed by atoms with Gasteiger partial charge in [-0.15, -0.1) is 0 Å². The zero-order chi connectivity index (χ0) is 7.82. The number of nitrogens with one attached hydrogen (secondary N) is 1. The molecule has 3 nitrogen and oxygen atoms in total. The lowest BCUT2D eigenvalue weighted by Crippen LogP contribution is -2.26. The molecular weight excluding hydrogens is 130 g/mol. The van der Waals surface area contributed by atoms with Crippen LogP contribution in [0, 0.1) is 0 Å². The van der Waals surface area contributed by atoms with Gasteiger partial charge in [-0.2, -0.15) is 0 Å². The molecule has 0 radical (unpaired) electrons. The maximum Gasteiger partial charge on any atom is 0.0698 e. The van der Waals surface area contributed by atoms with Crippen molar-refractivity contribution in [2.45, 2.75) is 19.9 Å². The molecule has 0 atom stereocenters. The molecule has 3 heteroatoms. The first-order chi connectivity index (χ1) is 4.77. The summed E-state index contributed by atoms with van der Waals surface area (Å²) < 4.78 is 5.02. The maximum atomic E-state index is 8.33. The average molecular weight is 147 g/mol. The van der Waals surface area contributed by atoms with Gasteiger partial charge < -0.3 is 15.2 Å². The van der Waals surface area contributed by atoms with Gasteiger partial charge in [0.25, 0.3) is 0 Å². The molecule has 0 aliphatic carbocycles. The van der Waals surface area contributed by atoms with E-state index < -0.39 is 0 Å². The molecule has 0 aliphatic rings. The molecule has 2 N–H and O–H groups in total. The summed E-state index contributed by atoms with van der Waals surface area (Å²) in [5, 5.41) is 11.5. The van der Waals surface area contributed by atoms with Crippen molar-refractivity contribution >= 4 is 0 Å². The van der Waals surface area contributed by atoms with E-state index in [1.165, 1.54) is 0 Å². The van der Waals surface area contributed by atoms with Gasteiger partial charge in [-0.1, -0.05) is 13.8 Å². The quantitative estimate of drug-likeness (QED) is 0.519. The van der Waals surface area contributed by atoms with E-state index in [4.69, 9.17) is 9.84 Å². The Morgan fingerprint density at radius 1 is 1.40 bits per heavy atom. The van der Waals surface area contributed by atoms with E-state index in [-0.39, 0.29) is 6.61 Å². The molecular formula is C7H17NO2. The summed E-state index contributed by atoms with van der Waals surface area (Å²) >= 11 is 0. The summed E-state index contributed by atoms with van der Waals surface area (Å²) in [6.45, 7) is 6.27. The monoisotopic (exact) mass is 147 g/mol. The Morgan fingerprint density at radius 2 is 2.10 bits per heavy atom. The molecule has 0 amide bonds. The van der Waals surface area contributed by atoms with E-state index in [1.807, 2.05) is 0 Å². The number of hydrogen-bond donors (Lipinski definition) is 2. The fraction of sp³-hybridized carbons (Fsp3) is 1.00. The SMILES string of the molecule is CC(C)NCCOCCO. The molecule has 0 saturated heterocycles. The van der Waals surface area contributed by atoms with Crippen LogP contribution >= 0.6 is 0 Å². The lowest BCUT2D eigenvalue weighted by Gasteiger charge is -2.07. The first kappa shape index (κ1) is 9.88. The van der Waals surface area contributed by atoms with Gasteiger partial charge in [-0.3, -0.25) is 0 Å². The zero-order valence-corrected chi connectivity index (χ0v) is 6.76. The Balaban J connectivity index is 2.77. The molecule has 0 aromatic heterocycles. The fourth-order valence-electron chi connectivity index (χ4n) is 0.586. The molecule has 0 fully saturated rings. The Morgan fingerprint density at radius 3 is 2.60 bits per heavy atom. The van der Waals surface area contributed by atoms with Crippen molar-refractivity contribution in [3.8, 4) is 0 Å². The van der Waals surface area contributed by atoms with Crippen molar-refractivity contribution in [2.24, 2.45) is 0 Å². The summed E-state index contributed by atoms with van der Waals surface area (Å²) in [5.74, 6) is 0. The highest BCUT2D eigenvalue weighted by Gasteiger charge is 1.90. The summed E-state index contributed by atoms with van der Waals surface area (Å²) in [6.07, 6.45) is 0. The van der Waals surface area contributed by atoms with Gasteiger partial charge in [0, 0.05) is 12.6 Å². The predicted octanol–water partition coefficient (Wildman–Crippen LogP) is -0.00670. The van der Waals surface area contributed by atoms with Gasteiger partial charge in [0.1, 0.15) is 0 Å². The van der Waals surface area contributed by atoms with Gasteiger partial charge in [0.2, 0.25) is 0 Å². The minimum atomic E-state index is 0.113. The summed E-state index contributed by atoms with van der Waals surface area (Å²) in [7, 11) is 0. The molecule has 0 aromatic rings. The molecule has 10 heavy (non-hydrogen) atoms. The third-order valence-corrected chi connectivity index (χ3v) is 1.03. The highest BCUT2D eigenvalue weighted by Crippen LogP contribution is 1.76. The van der Waals surface area contributed by atoms with Gasteiger partial charge >= 0.3 is 0 Å². The summed E-state index contributed by atoms with van der Waals surface area (Å²) in [4.78, 5) is 0. The largest absolute Gasteiger partial charge is 0.394 e. The minimum absolute atomic E-state index is 0.113. The molecule has 0 rings (SSSR count). The topological polar surface area (TPSA) is 41.5 Å². The molecule has 62 valence electrons. The second-order valence-electron chi connectivity index (χ2n) is 2.44. The number of rotatable bonds is 6. The zero-order valence-electron chi connectivity index (χ0n) is 6.76. The Hall–Kier alpha value is -0.120. The van der Waals surface area contributed by atoms with Gasteiger partial charge in [-0.25, -0.2) is 0 Å². The van der Waals surface area contributed by atoms with Crippen molar-refractivity contribution in [1.29, 1.82) is 0 Å². The molecule has 0 spiro atoms. The highest BCUT2D eigenvalue weighted by atomic mass is 16.5. The van der Waals surface area contributed by atoms with Crippen molar-refractivity contribution < 1.29 is 9.84 Å². The van der Waals surface area contributed by atoms with Gasteiger partial charge in [0.05, 0.1) is 19.8 Å². The van der Waals surface area contributed by atoms with Crippen LogP contribution in [0.25, 0.3) is 0 Å². The fourth-order valence-corrected chi connectivity index (χ4v) is 0.586. The first-order valence-corrected chi connectivity index (χ1v) is 3.69. The molecule has 0 aromatic carbocycles. The van der Waals surface area contributed by atoms with Crippen LogP contribution < -0.4 is 5.32 Å². The van der Waals surface area contributed by atoms with E-state index >= 15 is 0 Å². The van der Waals surface area contributed by atoms with Crippen LogP contribution in [-0.4, -0.2) is 37.5 Å². The van der Waals surface area contributed by atoms with Gasteiger partial charge in [-0.05, 0) is 0 Å². The van der Waals surface area contributed by atoms with Crippen LogP contribution in [0.4, 0.5) is 0 Å². The number of ether oxygens (including phenoxy) is 1. The summed E-state index contributed by atoms with van der Waals surface area (Å²) in [5.41, 5.74) is 0. The Labute approximate surface area is 62.4 Å². The van der Waals surface area contributed by atoms with Crippen LogP contribution in [0.5, 0.6) is 0 Å². The maximum absolute atomic E-state index is 8.33. The van der Waals surface area contributed by atoms with Crippen molar-refractivity contribution in [3.63, 3.8) is 0 Å². The number of aliphatic hydroxyl groups excluding tert-OH is 1. The van der Waals surface area contributed by atoms with E-state index in [1.54, 1.807) is 0 Å². The van der Waals surface area contributed by atoms with Crippen molar-refractivity contribution in [1.82, 2.24) is 5.32 Å². The van der Waals surface area contributed by atoms with E-state index in [0.717, 1.165) is 6.54 Å². The lowest BCUT2D eigenvalue weighted by atomic mass is 10.4. The Kier molecular flexibility index (Phi) is 6.91. The third-order valence-electron chi connectivity index (χ3n) is 1.03. The second-order valence-corrected chi connectivity index (χ2v) is 2.44. The van der Waals surface area contributed by atoms with Crippen LogP contribution in [0.1, 0.15) is 13.8 Å². The second kappa shape index (κ2) is 6.99. The Bertz CT molecular complexity index is 66.6. The van der Waals surface area contributed by atoms with Crippen LogP contribution in [0.15, 0.2) is 0 Å². The average Bonchev–Trinajstić information content (AvgIpc) is 1.87. The molecule has 0 bridgehead atoms. The minimum Gasteiger partial charge on any atom is -0.394 e. The van der Waals surface area contributed by atoms with E-state index in [0.29, 0.717) is 19.3 Å². The van der Waals surface area contributed by atoms with Crippen LogP contribution in [0.2, 0.25) is 0 Å². The predicted molar refractivity (Wildman–Crippen MR) is 41.0 cm³/mol. The molecule has 0 unspecified atom stereocenters. The normalized spacial score (nSPS) is 10.8. The standard InChI is InChI=1S/C7H17NO2/c1-7(2)8-3-5-10-6-4-9/h7-9H,3-6H2,1-2H3. The first-order valence-electron chi connectivity index (χ1n) is 3.69. The van der Waals surface area contributed by atoms with Crippen LogP contribution in [0.3, 0.4) is 0 Å². The van der Waals surface area contributed by atoms with Crippen LogP contribution in [-0.2, 0) is 4.74 Å². The smallest absolute Gasteiger partial charge is 0.0698 e.